The molecule has 2 heteroatoms. The number of rotatable bonds is 1. The molecule has 1 aromatic carbocycles. The Morgan fingerprint density at radius 3 is 1.81 bits per heavy atom. The van der Waals surface area contributed by atoms with Gasteiger partial charge in [-0.15, -0.1) is 0 Å². The minimum absolute atomic E-state index is 0. The van der Waals surface area contributed by atoms with Crippen molar-refractivity contribution in [1.29, 1.82) is 0 Å². The molecule has 1 aromatic rings. The second-order valence-corrected chi connectivity index (χ2v) is 5.65. The van der Waals surface area contributed by atoms with Crippen molar-refractivity contribution in [3.8, 4) is 0 Å². The summed E-state index contributed by atoms with van der Waals surface area (Å²) in [6, 6.07) is 11.1. The first-order valence-corrected chi connectivity index (χ1v) is 6.14. The molecule has 88 valence electrons. The maximum Gasteiger partial charge on any atom is 0.0946 e. The molecule has 0 saturated heterocycles. The third-order valence-electron chi connectivity index (χ3n) is 4.79. The molecular formula is C14H20ClN. The van der Waals surface area contributed by atoms with Crippen LogP contribution >= 0.6 is 0 Å². The monoisotopic (exact) mass is 237 g/mol. The van der Waals surface area contributed by atoms with Crippen LogP contribution in [0.1, 0.15) is 44.1 Å². The molecule has 0 aromatic heterocycles. The molecule has 0 heterocycles. The van der Waals surface area contributed by atoms with Gasteiger partial charge in [0.15, 0.2) is 0 Å². The summed E-state index contributed by atoms with van der Waals surface area (Å²) < 4.78 is 0. The molecule has 1 nitrogen and oxygen atoms in total. The number of quaternary nitrogens is 1. The fourth-order valence-corrected chi connectivity index (χ4v) is 3.49. The summed E-state index contributed by atoms with van der Waals surface area (Å²) in [4.78, 5) is 0. The Hall–Kier alpha value is -0.530. The summed E-state index contributed by atoms with van der Waals surface area (Å²) >= 11 is 0. The molecule has 0 radical (unpaired) electrons. The number of hydrogen-bond donors (Lipinski definition) is 1. The van der Waals surface area contributed by atoms with Crippen molar-refractivity contribution < 1.29 is 18.1 Å². The zero-order valence-electron chi connectivity index (χ0n) is 9.71. The second-order valence-electron chi connectivity index (χ2n) is 5.65. The van der Waals surface area contributed by atoms with Crippen LogP contribution in [-0.2, 0) is 5.41 Å². The summed E-state index contributed by atoms with van der Waals surface area (Å²) in [5.74, 6) is 0. The van der Waals surface area contributed by atoms with E-state index < -0.39 is 0 Å². The molecule has 3 aliphatic rings. The lowest BCUT2D eigenvalue weighted by Crippen LogP contribution is -3.00. The van der Waals surface area contributed by atoms with E-state index in [1.165, 1.54) is 38.5 Å². The topological polar surface area (TPSA) is 27.6 Å². The van der Waals surface area contributed by atoms with E-state index in [0.29, 0.717) is 11.0 Å². The first kappa shape index (κ1) is 11.9. The van der Waals surface area contributed by atoms with Gasteiger partial charge in [0, 0.05) is 19.3 Å². The third kappa shape index (κ3) is 1.76. The van der Waals surface area contributed by atoms with Crippen molar-refractivity contribution in [2.75, 3.05) is 0 Å². The van der Waals surface area contributed by atoms with E-state index in [4.69, 9.17) is 0 Å². The van der Waals surface area contributed by atoms with Gasteiger partial charge in [-0.05, 0) is 30.2 Å². The minimum Gasteiger partial charge on any atom is -1.00 e. The Morgan fingerprint density at radius 2 is 1.31 bits per heavy atom. The first-order valence-electron chi connectivity index (χ1n) is 6.14. The van der Waals surface area contributed by atoms with Crippen molar-refractivity contribution in [3.05, 3.63) is 35.9 Å². The highest BCUT2D eigenvalue weighted by molar-refractivity contribution is 5.28. The standard InChI is InChI=1S/C14H19N.ClH/c15-14-9-6-13(7-10-14,8-11-14)12-4-2-1-3-5-12;/h1-5H,6-11,15H2;1H. The summed E-state index contributed by atoms with van der Waals surface area (Å²) in [5, 5.41) is 0. The van der Waals surface area contributed by atoms with Crippen molar-refractivity contribution in [2.24, 2.45) is 0 Å². The van der Waals surface area contributed by atoms with Gasteiger partial charge in [0.1, 0.15) is 0 Å². The van der Waals surface area contributed by atoms with Crippen molar-refractivity contribution in [3.63, 3.8) is 0 Å². The number of fused-ring (bicyclic) bond motifs is 3. The number of benzene rings is 1. The zero-order valence-corrected chi connectivity index (χ0v) is 10.5. The first-order chi connectivity index (χ1) is 7.23. The van der Waals surface area contributed by atoms with Crippen LogP contribution in [0.25, 0.3) is 0 Å². The smallest absolute Gasteiger partial charge is 0.0946 e. The molecule has 3 fully saturated rings. The van der Waals surface area contributed by atoms with Crippen LogP contribution in [0.3, 0.4) is 0 Å². The Labute approximate surface area is 104 Å². The van der Waals surface area contributed by atoms with E-state index in [0.717, 1.165) is 0 Å². The van der Waals surface area contributed by atoms with Gasteiger partial charge in [-0.1, -0.05) is 30.3 Å². The van der Waals surface area contributed by atoms with Crippen molar-refractivity contribution in [2.45, 2.75) is 49.5 Å². The summed E-state index contributed by atoms with van der Waals surface area (Å²) in [6.45, 7) is 0. The van der Waals surface area contributed by atoms with Gasteiger partial charge >= 0.3 is 0 Å². The van der Waals surface area contributed by atoms with Crippen LogP contribution in [0, 0.1) is 0 Å². The summed E-state index contributed by atoms with van der Waals surface area (Å²) in [7, 11) is 0. The molecule has 0 unspecified atom stereocenters. The SMILES string of the molecule is [Cl-].[NH3+]C12CCC(c3ccccc3)(CC1)CC2. The number of hydrogen-bond acceptors (Lipinski definition) is 0. The Balaban J connectivity index is 0.000000963. The number of halogens is 1. The highest BCUT2D eigenvalue weighted by atomic mass is 35.5. The second kappa shape index (κ2) is 4.05. The van der Waals surface area contributed by atoms with Crippen LogP contribution in [0.2, 0.25) is 0 Å². The van der Waals surface area contributed by atoms with Crippen LogP contribution in [0.5, 0.6) is 0 Å². The quantitative estimate of drug-likeness (QED) is 0.668. The van der Waals surface area contributed by atoms with Gasteiger partial charge in [0.25, 0.3) is 0 Å². The van der Waals surface area contributed by atoms with Gasteiger partial charge in [-0.2, -0.15) is 0 Å². The molecule has 0 atom stereocenters. The van der Waals surface area contributed by atoms with Gasteiger partial charge < -0.3 is 18.1 Å². The molecule has 3 N–H and O–H groups in total. The normalized spacial score (nSPS) is 36.8. The molecular weight excluding hydrogens is 218 g/mol. The Kier molecular flexibility index (Phi) is 3.02. The molecule has 0 amide bonds. The van der Waals surface area contributed by atoms with E-state index in [1.54, 1.807) is 5.56 Å². The highest BCUT2D eigenvalue weighted by Crippen LogP contribution is 2.51. The summed E-state index contributed by atoms with van der Waals surface area (Å²) in [6.07, 6.45) is 8.09. The maximum absolute atomic E-state index is 4.41. The molecule has 2 bridgehead atoms. The van der Waals surface area contributed by atoms with Crippen LogP contribution in [0.4, 0.5) is 0 Å². The third-order valence-corrected chi connectivity index (χ3v) is 4.79. The average molecular weight is 238 g/mol. The Bertz CT molecular complexity index is 336. The van der Waals surface area contributed by atoms with Crippen LogP contribution < -0.4 is 18.1 Å². The molecule has 0 aliphatic heterocycles. The fourth-order valence-electron chi connectivity index (χ4n) is 3.49. The lowest BCUT2D eigenvalue weighted by Gasteiger charge is -2.50. The maximum atomic E-state index is 4.41. The molecule has 4 rings (SSSR count). The van der Waals surface area contributed by atoms with E-state index in [2.05, 4.69) is 36.1 Å². The zero-order chi connectivity index (χ0) is 10.4. The van der Waals surface area contributed by atoms with Gasteiger partial charge in [0.05, 0.1) is 5.54 Å². The average Bonchev–Trinajstić information content (AvgIpc) is 2.32. The fraction of sp³-hybridized carbons (Fsp3) is 0.571. The highest BCUT2D eigenvalue weighted by Gasteiger charge is 2.49. The van der Waals surface area contributed by atoms with Gasteiger partial charge in [-0.25, -0.2) is 0 Å². The van der Waals surface area contributed by atoms with Gasteiger partial charge in [0.2, 0.25) is 0 Å². The molecule has 16 heavy (non-hydrogen) atoms. The van der Waals surface area contributed by atoms with Crippen molar-refractivity contribution in [1.82, 2.24) is 0 Å². The van der Waals surface area contributed by atoms with E-state index in [9.17, 15) is 0 Å². The summed E-state index contributed by atoms with van der Waals surface area (Å²) in [5.41, 5.74) is 6.94. The van der Waals surface area contributed by atoms with E-state index in [1.807, 2.05) is 0 Å². The van der Waals surface area contributed by atoms with Crippen molar-refractivity contribution >= 4 is 0 Å². The molecule has 3 aliphatic carbocycles. The van der Waals surface area contributed by atoms with E-state index >= 15 is 0 Å². The lowest BCUT2D eigenvalue weighted by atomic mass is 9.55. The molecule has 0 spiro atoms. The lowest BCUT2D eigenvalue weighted by molar-refractivity contribution is -0.495. The largest absolute Gasteiger partial charge is 1.00 e. The minimum atomic E-state index is 0. The predicted octanol–water partition coefficient (Wildman–Crippen LogP) is -0.723. The van der Waals surface area contributed by atoms with E-state index in [-0.39, 0.29) is 12.4 Å². The van der Waals surface area contributed by atoms with Crippen LogP contribution in [0.15, 0.2) is 30.3 Å². The predicted molar refractivity (Wildman–Crippen MR) is 61.4 cm³/mol. The molecule has 3 saturated carbocycles. The van der Waals surface area contributed by atoms with Gasteiger partial charge in [-0.3, -0.25) is 0 Å². The Morgan fingerprint density at radius 1 is 0.812 bits per heavy atom. The van der Waals surface area contributed by atoms with Crippen LogP contribution in [-0.4, -0.2) is 5.54 Å².